The summed E-state index contributed by atoms with van der Waals surface area (Å²) >= 11 is 0. The zero-order chi connectivity index (χ0) is 15.5. The summed E-state index contributed by atoms with van der Waals surface area (Å²) in [6, 6.07) is 5.82. The molecule has 0 amide bonds. The van der Waals surface area contributed by atoms with E-state index in [9.17, 15) is 4.79 Å². The van der Waals surface area contributed by atoms with Gasteiger partial charge in [-0.1, -0.05) is 19.3 Å². The molecule has 1 aliphatic rings. The quantitative estimate of drug-likeness (QED) is 0.874. The number of hydrogen-bond acceptors (Lipinski definition) is 4. The predicted octanol–water partition coefficient (Wildman–Crippen LogP) is 2.61. The Bertz CT molecular complexity index is 690. The lowest BCUT2D eigenvalue weighted by Crippen LogP contribution is -2.37. The van der Waals surface area contributed by atoms with E-state index in [-0.39, 0.29) is 5.56 Å². The molecule has 0 aliphatic heterocycles. The highest BCUT2D eigenvalue weighted by Crippen LogP contribution is 2.25. The monoisotopic (exact) mass is 298 g/mol. The van der Waals surface area contributed by atoms with E-state index < -0.39 is 0 Å². The minimum Gasteiger partial charge on any atom is -0.342 e. The van der Waals surface area contributed by atoms with Crippen molar-refractivity contribution in [3.63, 3.8) is 0 Å². The van der Waals surface area contributed by atoms with E-state index in [2.05, 4.69) is 9.88 Å². The molecule has 5 nitrogen and oxygen atoms in total. The van der Waals surface area contributed by atoms with Crippen molar-refractivity contribution in [1.82, 2.24) is 14.5 Å². The van der Waals surface area contributed by atoms with E-state index in [0.717, 1.165) is 11.5 Å². The third-order valence-electron chi connectivity index (χ3n) is 4.53. The van der Waals surface area contributed by atoms with Gasteiger partial charge in [-0.3, -0.25) is 14.3 Å². The highest BCUT2D eigenvalue weighted by Gasteiger charge is 2.21. The van der Waals surface area contributed by atoms with Gasteiger partial charge in [-0.25, -0.2) is 4.98 Å². The Hall–Kier alpha value is -2.17. The number of rotatable bonds is 3. The second-order valence-electron chi connectivity index (χ2n) is 5.98. The lowest BCUT2D eigenvalue weighted by Gasteiger charge is -2.32. The predicted molar refractivity (Wildman–Crippen MR) is 88.0 cm³/mol. The molecular formula is C17H22N4O. The van der Waals surface area contributed by atoms with Gasteiger partial charge < -0.3 is 4.90 Å². The van der Waals surface area contributed by atoms with Gasteiger partial charge in [-0.2, -0.15) is 0 Å². The van der Waals surface area contributed by atoms with Crippen molar-refractivity contribution in [3.8, 4) is 11.3 Å². The standard InChI is InChI=1S/C17H22N4O/c1-20(14-6-4-3-5-7-14)17-19-15(12-16(22)21(17)2)13-8-10-18-11-9-13/h8-12,14H,3-7H2,1-2H3. The van der Waals surface area contributed by atoms with Gasteiger partial charge in [-0.05, 0) is 25.0 Å². The molecule has 0 N–H and O–H groups in total. The van der Waals surface area contributed by atoms with E-state index in [4.69, 9.17) is 4.98 Å². The SMILES string of the molecule is CN(c1nc(-c2ccncc2)cc(=O)n1C)C1CCCCC1. The van der Waals surface area contributed by atoms with Crippen molar-refractivity contribution in [2.75, 3.05) is 11.9 Å². The minimum absolute atomic E-state index is 0.0283. The summed E-state index contributed by atoms with van der Waals surface area (Å²) < 4.78 is 1.64. The van der Waals surface area contributed by atoms with Crippen LogP contribution in [0.2, 0.25) is 0 Å². The number of hydrogen-bond donors (Lipinski definition) is 0. The van der Waals surface area contributed by atoms with Crippen molar-refractivity contribution in [2.45, 2.75) is 38.1 Å². The molecule has 1 aliphatic carbocycles. The van der Waals surface area contributed by atoms with Gasteiger partial charge in [0.2, 0.25) is 5.95 Å². The first-order valence-corrected chi connectivity index (χ1v) is 7.88. The fourth-order valence-corrected chi connectivity index (χ4v) is 3.15. The van der Waals surface area contributed by atoms with Gasteiger partial charge in [-0.15, -0.1) is 0 Å². The molecular weight excluding hydrogens is 276 g/mol. The Balaban J connectivity index is 2.00. The molecule has 3 rings (SSSR count). The highest BCUT2D eigenvalue weighted by atomic mass is 16.1. The maximum Gasteiger partial charge on any atom is 0.255 e. The number of aromatic nitrogens is 3. The van der Waals surface area contributed by atoms with Crippen LogP contribution in [0, 0.1) is 0 Å². The van der Waals surface area contributed by atoms with E-state index in [0.29, 0.717) is 11.7 Å². The van der Waals surface area contributed by atoms with Crippen molar-refractivity contribution in [1.29, 1.82) is 0 Å². The summed E-state index contributed by atoms with van der Waals surface area (Å²) in [5.74, 6) is 0.742. The summed E-state index contributed by atoms with van der Waals surface area (Å²) in [6.07, 6.45) is 9.61. The molecule has 22 heavy (non-hydrogen) atoms. The molecule has 0 atom stereocenters. The van der Waals surface area contributed by atoms with Gasteiger partial charge >= 0.3 is 0 Å². The summed E-state index contributed by atoms with van der Waals surface area (Å²) in [5, 5.41) is 0. The maximum absolute atomic E-state index is 12.3. The van der Waals surface area contributed by atoms with Crippen LogP contribution in [0.5, 0.6) is 0 Å². The van der Waals surface area contributed by atoms with Crippen molar-refractivity contribution >= 4 is 5.95 Å². The Morgan fingerprint density at radius 2 is 1.86 bits per heavy atom. The molecule has 2 aromatic rings. The molecule has 1 saturated carbocycles. The summed E-state index contributed by atoms with van der Waals surface area (Å²) in [7, 11) is 3.84. The highest BCUT2D eigenvalue weighted by molar-refractivity contribution is 5.59. The Kier molecular flexibility index (Phi) is 4.22. The Labute approximate surface area is 130 Å². The van der Waals surface area contributed by atoms with Gasteiger partial charge in [0.05, 0.1) is 5.69 Å². The molecule has 2 aromatic heterocycles. The summed E-state index contributed by atoms with van der Waals surface area (Å²) in [4.78, 5) is 23.2. The molecule has 116 valence electrons. The van der Waals surface area contributed by atoms with E-state index in [1.165, 1.54) is 32.1 Å². The first kappa shape index (κ1) is 14.8. The van der Waals surface area contributed by atoms with Crippen LogP contribution < -0.4 is 10.5 Å². The summed E-state index contributed by atoms with van der Waals surface area (Å²) in [5.41, 5.74) is 1.61. The van der Waals surface area contributed by atoms with Gasteiger partial charge in [0, 0.05) is 44.2 Å². The Morgan fingerprint density at radius 1 is 1.18 bits per heavy atom. The van der Waals surface area contributed by atoms with Crippen LogP contribution in [-0.4, -0.2) is 27.6 Å². The Morgan fingerprint density at radius 3 is 2.55 bits per heavy atom. The van der Waals surface area contributed by atoms with Crippen LogP contribution >= 0.6 is 0 Å². The van der Waals surface area contributed by atoms with Crippen LogP contribution in [0.15, 0.2) is 35.4 Å². The van der Waals surface area contributed by atoms with E-state index in [1.54, 1.807) is 30.1 Å². The molecule has 0 radical (unpaired) electrons. The van der Waals surface area contributed by atoms with Crippen LogP contribution in [0.1, 0.15) is 32.1 Å². The van der Waals surface area contributed by atoms with Gasteiger partial charge in [0.1, 0.15) is 0 Å². The van der Waals surface area contributed by atoms with Crippen LogP contribution in [0.25, 0.3) is 11.3 Å². The molecule has 2 heterocycles. The molecule has 0 unspecified atom stereocenters. The fraction of sp³-hybridized carbons (Fsp3) is 0.471. The molecule has 0 bridgehead atoms. The van der Waals surface area contributed by atoms with Crippen LogP contribution in [-0.2, 0) is 7.05 Å². The van der Waals surface area contributed by atoms with Crippen LogP contribution in [0.3, 0.4) is 0 Å². The normalized spacial score (nSPS) is 15.7. The lowest BCUT2D eigenvalue weighted by molar-refractivity contribution is 0.421. The lowest BCUT2D eigenvalue weighted by atomic mass is 9.95. The topological polar surface area (TPSA) is 51.0 Å². The minimum atomic E-state index is -0.0283. The van der Waals surface area contributed by atoms with E-state index in [1.807, 2.05) is 19.2 Å². The number of nitrogens with zero attached hydrogens (tertiary/aromatic N) is 4. The zero-order valence-electron chi connectivity index (χ0n) is 13.2. The third kappa shape index (κ3) is 2.89. The van der Waals surface area contributed by atoms with Crippen molar-refractivity contribution < 1.29 is 0 Å². The molecule has 5 heteroatoms. The molecule has 0 spiro atoms. The van der Waals surface area contributed by atoms with Gasteiger partial charge in [0.25, 0.3) is 5.56 Å². The second-order valence-corrected chi connectivity index (χ2v) is 5.98. The number of anilines is 1. The van der Waals surface area contributed by atoms with Crippen molar-refractivity contribution in [2.24, 2.45) is 7.05 Å². The molecule has 0 saturated heterocycles. The second kappa shape index (κ2) is 6.30. The smallest absolute Gasteiger partial charge is 0.255 e. The first-order valence-electron chi connectivity index (χ1n) is 7.88. The largest absolute Gasteiger partial charge is 0.342 e. The fourth-order valence-electron chi connectivity index (χ4n) is 3.15. The van der Waals surface area contributed by atoms with Crippen molar-refractivity contribution in [3.05, 3.63) is 40.9 Å². The van der Waals surface area contributed by atoms with Crippen LogP contribution in [0.4, 0.5) is 5.95 Å². The van der Waals surface area contributed by atoms with E-state index >= 15 is 0 Å². The first-order chi connectivity index (χ1) is 10.7. The molecule has 1 fully saturated rings. The molecule has 0 aromatic carbocycles. The summed E-state index contributed by atoms with van der Waals surface area (Å²) in [6.45, 7) is 0. The average molecular weight is 298 g/mol. The van der Waals surface area contributed by atoms with Gasteiger partial charge in [0.15, 0.2) is 0 Å². The average Bonchev–Trinajstić information content (AvgIpc) is 2.58. The number of pyridine rings is 1. The third-order valence-corrected chi connectivity index (χ3v) is 4.53. The maximum atomic E-state index is 12.3. The zero-order valence-corrected chi connectivity index (χ0v) is 13.2.